The van der Waals surface area contributed by atoms with E-state index >= 15 is 0 Å². The van der Waals surface area contributed by atoms with Gasteiger partial charge >= 0.3 is 0 Å². The number of rotatable bonds is 4. The average molecular weight is 313 g/mol. The lowest BCUT2D eigenvalue weighted by Crippen LogP contribution is -2.48. The summed E-state index contributed by atoms with van der Waals surface area (Å²) in [7, 11) is 0. The summed E-state index contributed by atoms with van der Waals surface area (Å²) in [4.78, 5) is 15.1. The molecular weight excluding hydrogens is 286 g/mol. The molecule has 1 atom stereocenters. The molecule has 0 radical (unpaired) electrons. The maximum absolute atomic E-state index is 12.5. The Hall–Kier alpha value is -1.39. The molecule has 0 saturated carbocycles. The molecule has 1 aromatic rings. The van der Waals surface area contributed by atoms with Crippen LogP contribution in [0.15, 0.2) is 24.3 Å². The zero-order chi connectivity index (χ0) is 15.7. The van der Waals surface area contributed by atoms with Crippen molar-refractivity contribution in [2.75, 3.05) is 32.7 Å². The number of nitrogens with one attached hydrogen (secondary N) is 2. The maximum atomic E-state index is 12.5. The normalized spacial score (nSPS) is 26.3. The fourth-order valence-corrected chi connectivity index (χ4v) is 4.71. The maximum Gasteiger partial charge on any atom is 0.251 e. The van der Waals surface area contributed by atoms with Crippen LogP contribution in [-0.2, 0) is 0 Å². The molecule has 0 aliphatic carbocycles. The molecule has 0 bridgehead atoms. The van der Waals surface area contributed by atoms with Gasteiger partial charge in [-0.1, -0.05) is 12.1 Å². The fourth-order valence-electron chi connectivity index (χ4n) is 4.71. The van der Waals surface area contributed by atoms with Crippen molar-refractivity contribution in [3.8, 4) is 0 Å². The SMILES string of the molecule is O=C(NCC12CCCN1CCC2)c1ccc([C@@H]2CCNC2)cc1. The van der Waals surface area contributed by atoms with Crippen LogP contribution < -0.4 is 10.6 Å². The van der Waals surface area contributed by atoms with Crippen molar-refractivity contribution in [1.82, 2.24) is 15.5 Å². The Morgan fingerprint density at radius 3 is 2.61 bits per heavy atom. The lowest BCUT2D eigenvalue weighted by molar-refractivity contribution is 0.0919. The lowest BCUT2D eigenvalue weighted by Gasteiger charge is -2.32. The second-order valence-electron chi connectivity index (χ2n) is 7.41. The lowest BCUT2D eigenvalue weighted by atomic mass is 9.94. The first-order chi connectivity index (χ1) is 11.3. The molecule has 3 fully saturated rings. The highest BCUT2D eigenvalue weighted by molar-refractivity contribution is 5.94. The molecule has 2 N–H and O–H groups in total. The van der Waals surface area contributed by atoms with Crippen LogP contribution in [0.3, 0.4) is 0 Å². The molecular formula is C19H27N3O. The molecule has 3 heterocycles. The van der Waals surface area contributed by atoms with Gasteiger partial charge in [-0.05, 0) is 75.4 Å². The van der Waals surface area contributed by atoms with Gasteiger partial charge in [-0.25, -0.2) is 0 Å². The Labute approximate surface area is 138 Å². The third-order valence-electron chi connectivity index (χ3n) is 6.09. The van der Waals surface area contributed by atoms with Crippen molar-refractivity contribution in [2.24, 2.45) is 0 Å². The van der Waals surface area contributed by atoms with Crippen LogP contribution in [0.2, 0.25) is 0 Å². The van der Waals surface area contributed by atoms with Crippen LogP contribution in [0.5, 0.6) is 0 Å². The van der Waals surface area contributed by atoms with E-state index in [0.717, 1.165) is 25.2 Å². The molecule has 0 unspecified atom stereocenters. The van der Waals surface area contributed by atoms with Gasteiger partial charge in [0.2, 0.25) is 0 Å². The Bertz CT molecular complexity index is 552. The topological polar surface area (TPSA) is 44.4 Å². The Kier molecular flexibility index (Phi) is 4.12. The monoisotopic (exact) mass is 313 g/mol. The zero-order valence-electron chi connectivity index (χ0n) is 13.8. The molecule has 1 aromatic carbocycles. The van der Waals surface area contributed by atoms with E-state index in [-0.39, 0.29) is 11.4 Å². The third-order valence-corrected chi connectivity index (χ3v) is 6.09. The molecule has 3 saturated heterocycles. The van der Waals surface area contributed by atoms with Crippen LogP contribution in [0.4, 0.5) is 0 Å². The van der Waals surface area contributed by atoms with Crippen molar-refractivity contribution >= 4 is 5.91 Å². The molecule has 3 aliphatic heterocycles. The summed E-state index contributed by atoms with van der Waals surface area (Å²) >= 11 is 0. The van der Waals surface area contributed by atoms with Crippen molar-refractivity contribution in [3.05, 3.63) is 35.4 Å². The number of hydrogen-bond acceptors (Lipinski definition) is 3. The summed E-state index contributed by atoms with van der Waals surface area (Å²) in [6.45, 7) is 5.38. The number of amides is 1. The van der Waals surface area contributed by atoms with E-state index in [0.29, 0.717) is 5.92 Å². The van der Waals surface area contributed by atoms with Gasteiger partial charge in [-0.15, -0.1) is 0 Å². The molecule has 4 heteroatoms. The highest BCUT2D eigenvalue weighted by atomic mass is 16.1. The van der Waals surface area contributed by atoms with Gasteiger partial charge in [0.1, 0.15) is 0 Å². The van der Waals surface area contributed by atoms with Gasteiger partial charge in [-0.2, -0.15) is 0 Å². The third kappa shape index (κ3) is 2.90. The van der Waals surface area contributed by atoms with Gasteiger partial charge in [0.25, 0.3) is 5.91 Å². The molecule has 1 amide bonds. The van der Waals surface area contributed by atoms with Crippen LogP contribution in [0.1, 0.15) is 53.9 Å². The van der Waals surface area contributed by atoms with E-state index in [2.05, 4.69) is 27.7 Å². The van der Waals surface area contributed by atoms with E-state index in [1.165, 1.54) is 50.8 Å². The van der Waals surface area contributed by atoms with Crippen molar-refractivity contribution in [2.45, 2.75) is 43.6 Å². The zero-order valence-corrected chi connectivity index (χ0v) is 13.8. The number of carbonyl (C=O) groups excluding carboxylic acids is 1. The first kappa shape index (κ1) is 15.2. The first-order valence-electron chi connectivity index (χ1n) is 9.11. The average Bonchev–Trinajstić information content (AvgIpc) is 3.29. The van der Waals surface area contributed by atoms with Gasteiger partial charge in [0.15, 0.2) is 0 Å². The summed E-state index contributed by atoms with van der Waals surface area (Å²) in [5.74, 6) is 0.686. The molecule has 0 spiro atoms. The molecule has 23 heavy (non-hydrogen) atoms. The second-order valence-corrected chi connectivity index (χ2v) is 7.41. The minimum absolute atomic E-state index is 0.0780. The quantitative estimate of drug-likeness (QED) is 0.895. The van der Waals surface area contributed by atoms with E-state index < -0.39 is 0 Å². The highest BCUT2D eigenvalue weighted by Gasteiger charge is 2.44. The van der Waals surface area contributed by atoms with Crippen molar-refractivity contribution in [3.63, 3.8) is 0 Å². The van der Waals surface area contributed by atoms with Crippen LogP contribution in [0, 0.1) is 0 Å². The minimum Gasteiger partial charge on any atom is -0.350 e. The van der Waals surface area contributed by atoms with Gasteiger partial charge in [0, 0.05) is 24.2 Å². The van der Waals surface area contributed by atoms with E-state index in [1.54, 1.807) is 0 Å². The van der Waals surface area contributed by atoms with Crippen LogP contribution >= 0.6 is 0 Å². The fraction of sp³-hybridized carbons (Fsp3) is 0.632. The number of nitrogens with zero attached hydrogens (tertiary/aromatic N) is 1. The van der Waals surface area contributed by atoms with Crippen LogP contribution in [0.25, 0.3) is 0 Å². The van der Waals surface area contributed by atoms with E-state index in [4.69, 9.17) is 0 Å². The predicted octanol–water partition coefficient (Wildman–Crippen LogP) is 2.12. The van der Waals surface area contributed by atoms with E-state index in [1.807, 2.05) is 12.1 Å². The molecule has 3 aliphatic rings. The summed E-state index contributed by atoms with van der Waals surface area (Å²) in [6, 6.07) is 8.23. The summed E-state index contributed by atoms with van der Waals surface area (Å²) in [5.41, 5.74) is 2.40. The minimum atomic E-state index is 0.0780. The Morgan fingerprint density at radius 1 is 1.22 bits per heavy atom. The number of benzene rings is 1. The second kappa shape index (κ2) is 6.25. The molecule has 124 valence electrons. The van der Waals surface area contributed by atoms with Gasteiger partial charge in [-0.3, -0.25) is 9.69 Å². The summed E-state index contributed by atoms with van der Waals surface area (Å²) < 4.78 is 0. The summed E-state index contributed by atoms with van der Waals surface area (Å²) in [6.07, 6.45) is 6.23. The van der Waals surface area contributed by atoms with Crippen molar-refractivity contribution in [1.29, 1.82) is 0 Å². The smallest absolute Gasteiger partial charge is 0.251 e. The largest absolute Gasteiger partial charge is 0.350 e. The number of carbonyl (C=O) groups is 1. The molecule has 4 nitrogen and oxygen atoms in total. The first-order valence-corrected chi connectivity index (χ1v) is 9.11. The number of fused-ring (bicyclic) bond motifs is 1. The standard InChI is InChI=1S/C19H27N3O/c23-18(21-14-19-8-1-11-22(19)12-2-9-19)16-5-3-15(4-6-16)17-7-10-20-13-17/h3-6,17,20H,1-2,7-14H2,(H,21,23)/t17-/m1/s1. The van der Waals surface area contributed by atoms with Crippen molar-refractivity contribution < 1.29 is 4.79 Å². The van der Waals surface area contributed by atoms with Gasteiger partial charge in [0.05, 0.1) is 0 Å². The van der Waals surface area contributed by atoms with E-state index in [9.17, 15) is 4.79 Å². The Morgan fingerprint density at radius 2 is 1.96 bits per heavy atom. The van der Waals surface area contributed by atoms with Crippen LogP contribution in [-0.4, -0.2) is 49.1 Å². The predicted molar refractivity (Wildman–Crippen MR) is 91.8 cm³/mol. The number of hydrogen-bond donors (Lipinski definition) is 2. The molecule has 4 rings (SSSR count). The summed E-state index contributed by atoms with van der Waals surface area (Å²) in [5, 5.41) is 6.60. The molecule has 0 aromatic heterocycles. The Balaban J connectivity index is 1.37. The van der Waals surface area contributed by atoms with Gasteiger partial charge < -0.3 is 10.6 Å². The highest BCUT2D eigenvalue weighted by Crippen LogP contribution is 2.38.